The second kappa shape index (κ2) is 16.6. The monoisotopic (exact) mass is 440 g/mol. The molecule has 0 aromatic carbocycles. The third-order valence-electron chi connectivity index (χ3n) is 6.64. The van der Waals surface area contributed by atoms with Crippen LogP contribution in [-0.2, 0) is 9.59 Å². The Balaban J connectivity index is 4.40. The fraction of sp³-hybridized carbons (Fsp3) is 0.926. The van der Waals surface area contributed by atoms with Crippen molar-refractivity contribution >= 4 is 11.9 Å². The van der Waals surface area contributed by atoms with Crippen LogP contribution in [0.25, 0.3) is 0 Å². The molecule has 0 spiro atoms. The molecule has 0 saturated carbocycles. The summed E-state index contributed by atoms with van der Waals surface area (Å²) in [5.41, 5.74) is -0.600. The minimum Gasteiger partial charge on any atom is -0.481 e. The van der Waals surface area contributed by atoms with E-state index in [0.29, 0.717) is 24.2 Å². The van der Waals surface area contributed by atoms with Gasteiger partial charge in [0, 0.05) is 6.42 Å². The Hall–Kier alpha value is -1.06. The molecule has 4 nitrogen and oxygen atoms in total. The number of hydrogen-bond acceptors (Lipinski definition) is 2. The van der Waals surface area contributed by atoms with Crippen molar-refractivity contribution in [2.45, 2.75) is 131 Å². The summed E-state index contributed by atoms with van der Waals surface area (Å²) in [6, 6.07) is 0. The van der Waals surface area contributed by atoms with Gasteiger partial charge in [0.15, 0.2) is 0 Å². The fourth-order valence-corrected chi connectivity index (χ4v) is 5.48. The number of carboxylic acids is 2. The van der Waals surface area contributed by atoms with Gasteiger partial charge in [0.1, 0.15) is 0 Å². The van der Waals surface area contributed by atoms with Crippen LogP contribution in [0.15, 0.2) is 0 Å². The fourth-order valence-electron chi connectivity index (χ4n) is 5.48. The number of rotatable bonds is 20. The second-order valence-corrected chi connectivity index (χ2v) is 11.0. The first-order valence-corrected chi connectivity index (χ1v) is 13.0. The first-order chi connectivity index (χ1) is 14.5. The summed E-state index contributed by atoms with van der Waals surface area (Å²) < 4.78 is 0. The Morgan fingerprint density at radius 1 is 0.645 bits per heavy atom. The van der Waals surface area contributed by atoms with Crippen LogP contribution in [0.3, 0.4) is 0 Å². The van der Waals surface area contributed by atoms with Gasteiger partial charge in [-0.25, -0.2) is 0 Å². The van der Waals surface area contributed by atoms with Crippen LogP contribution >= 0.6 is 0 Å². The summed E-state index contributed by atoms with van der Waals surface area (Å²) in [6.07, 6.45) is 14.4. The van der Waals surface area contributed by atoms with Gasteiger partial charge in [-0.05, 0) is 49.4 Å². The van der Waals surface area contributed by atoms with Gasteiger partial charge in [0.2, 0.25) is 0 Å². The van der Waals surface area contributed by atoms with E-state index in [-0.39, 0.29) is 5.92 Å². The molecule has 0 radical (unpaired) electrons. The highest BCUT2D eigenvalue weighted by Gasteiger charge is 2.47. The average molecular weight is 441 g/mol. The summed E-state index contributed by atoms with van der Waals surface area (Å²) in [6.45, 7) is 13.0. The van der Waals surface area contributed by atoms with Gasteiger partial charge in [-0.2, -0.15) is 0 Å². The van der Waals surface area contributed by atoms with Gasteiger partial charge in [-0.3, -0.25) is 9.59 Å². The van der Waals surface area contributed by atoms with Crippen LogP contribution in [0.5, 0.6) is 0 Å². The van der Waals surface area contributed by atoms with E-state index in [2.05, 4.69) is 41.5 Å². The summed E-state index contributed by atoms with van der Waals surface area (Å²) in [7, 11) is 0. The smallest absolute Gasteiger partial charge is 0.309 e. The van der Waals surface area contributed by atoms with E-state index in [0.717, 1.165) is 44.9 Å². The van der Waals surface area contributed by atoms with Gasteiger partial charge < -0.3 is 10.2 Å². The SMILES string of the molecule is CC(C)CC(CC(C)C)(C(=O)O)C(CCCCCCCCCCCCC(=O)O)C(C)C. The maximum atomic E-state index is 12.5. The highest BCUT2D eigenvalue weighted by atomic mass is 16.4. The van der Waals surface area contributed by atoms with E-state index in [9.17, 15) is 14.7 Å². The Bertz CT molecular complexity index is 472. The Morgan fingerprint density at radius 3 is 1.35 bits per heavy atom. The Morgan fingerprint density at radius 2 is 1.03 bits per heavy atom. The van der Waals surface area contributed by atoms with Gasteiger partial charge in [0.25, 0.3) is 0 Å². The molecule has 0 amide bonds. The number of unbranched alkanes of at least 4 members (excludes halogenated alkanes) is 9. The van der Waals surface area contributed by atoms with Gasteiger partial charge >= 0.3 is 11.9 Å². The first-order valence-electron chi connectivity index (χ1n) is 13.0. The molecule has 0 heterocycles. The van der Waals surface area contributed by atoms with Crippen LogP contribution in [0.2, 0.25) is 0 Å². The molecule has 0 aromatic heterocycles. The minimum absolute atomic E-state index is 0.237. The van der Waals surface area contributed by atoms with Crippen molar-refractivity contribution in [2.24, 2.45) is 29.1 Å². The molecule has 0 aliphatic carbocycles. The quantitative estimate of drug-likeness (QED) is 0.187. The largest absolute Gasteiger partial charge is 0.481 e. The maximum Gasteiger partial charge on any atom is 0.309 e. The molecule has 0 saturated heterocycles. The van der Waals surface area contributed by atoms with E-state index in [1.807, 2.05) is 0 Å². The van der Waals surface area contributed by atoms with Crippen molar-refractivity contribution in [3.63, 3.8) is 0 Å². The molecule has 1 atom stereocenters. The molecular formula is C27H52O4. The highest BCUT2D eigenvalue weighted by molar-refractivity contribution is 5.75. The lowest BCUT2D eigenvalue weighted by atomic mass is 9.61. The highest BCUT2D eigenvalue weighted by Crippen LogP contribution is 2.46. The number of hydrogen-bond donors (Lipinski definition) is 2. The lowest BCUT2D eigenvalue weighted by Crippen LogP contribution is -2.43. The first kappa shape index (κ1) is 29.9. The topological polar surface area (TPSA) is 74.6 Å². The van der Waals surface area contributed by atoms with E-state index >= 15 is 0 Å². The van der Waals surface area contributed by atoms with Gasteiger partial charge in [-0.1, -0.05) is 99.3 Å². The van der Waals surface area contributed by atoms with Crippen molar-refractivity contribution in [1.29, 1.82) is 0 Å². The normalized spacial score (nSPS) is 13.3. The number of aliphatic carboxylic acids is 2. The molecule has 0 fully saturated rings. The van der Waals surface area contributed by atoms with Crippen LogP contribution < -0.4 is 0 Å². The lowest BCUT2D eigenvalue weighted by Gasteiger charge is -2.42. The number of carbonyl (C=O) groups is 2. The van der Waals surface area contributed by atoms with E-state index < -0.39 is 17.4 Å². The van der Waals surface area contributed by atoms with Crippen LogP contribution in [0.4, 0.5) is 0 Å². The molecule has 1 unspecified atom stereocenters. The van der Waals surface area contributed by atoms with Crippen LogP contribution in [0, 0.1) is 29.1 Å². The van der Waals surface area contributed by atoms with Gasteiger partial charge in [-0.15, -0.1) is 0 Å². The molecule has 2 N–H and O–H groups in total. The van der Waals surface area contributed by atoms with Crippen LogP contribution in [0.1, 0.15) is 131 Å². The molecular weight excluding hydrogens is 388 g/mol. The molecule has 0 aliphatic rings. The lowest BCUT2D eigenvalue weighted by molar-refractivity contribution is -0.158. The van der Waals surface area contributed by atoms with E-state index in [1.54, 1.807) is 0 Å². The van der Waals surface area contributed by atoms with Crippen molar-refractivity contribution in [3.8, 4) is 0 Å². The molecule has 4 heteroatoms. The summed E-state index contributed by atoms with van der Waals surface area (Å²) in [5.74, 6) is 0.126. The summed E-state index contributed by atoms with van der Waals surface area (Å²) >= 11 is 0. The Labute approximate surface area is 192 Å². The predicted octanol–water partition coefficient (Wildman–Crippen LogP) is 8.19. The molecule has 0 rings (SSSR count). The van der Waals surface area contributed by atoms with Crippen molar-refractivity contribution in [3.05, 3.63) is 0 Å². The van der Waals surface area contributed by atoms with Crippen molar-refractivity contribution < 1.29 is 19.8 Å². The van der Waals surface area contributed by atoms with Crippen LogP contribution in [-0.4, -0.2) is 22.2 Å². The minimum atomic E-state index is -0.686. The third kappa shape index (κ3) is 13.2. The summed E-state index contributed by atoms with van der Waals surface area (Å²) in [5, 5.41) is 19.0. The molecule has 0 aromatic rings. The molecule has 31 heavy (non-hydrogen) atoms. The molecule has 0 bridgehead atoms. The predicted molar refractivity (Wildman–Crippen MR) is 130 cm³/mol. The molecule has 0 aliphatic heterocycles. The molecule has 184 valence electrons. The summed E-state index contributed by atoms with van der Waals surface area (Å²) in [4.78, 5) is 23.0. The third-order valence-corrected chi connectivity index (χ3v) is 6.64. The second-order valence-electron chi connectivity index (χ2n) is 11.0. The number of carboxylic acid groups (broad SMARTS) is 2. The standard InChI is InChI=1S/C27H52O4/c1-21(2)19-27(26(30)31,20-22(3)4)24(23(5)6)17-15-13-11-9-7-8-10-12-14-16-18-25(28)29/h21-24H,7-20H2,1-6H3,(H,28,29)(H,30,31). The van der Waals surface area contributed by atoms with Gasteiger partial charge in [0.05, 0.1) is 5.41 Å². The average Bonchev–Trinajstić information content (AvgIpc) is 2.63. The van der Waals surface area contributed by atoms with E-state index in [4.69, 9.17) is 5.11 Å². The zero-order valence-electron chi connectivity index (χ0n) is 21.4. The maximum absolute atomic E-state index is 12.5. The van der Waals surface area contributed by atoms with Crippen molar-refractivity contribution in [2.75, 3.05) is 0 Å². The van der Waals surface area contributed by atoms with Crippen molar-refractivity contribution in [1.82, 2.24) is 0 Å². The zero-order valence-corrected chi connectivity index (χ0v) is 21.4. The van der Waals surface area contributed by atoms with E-state index in [1.165, 1.54) is 38.5 Å². The zero-order chi connectivity index (χ0) is 23.9. The Kier molecular flexibility index (Phi) is 16.0.